The van der Waals surface area contributed by atoms with Gasteiger partial charge in [-0.05, 0) is 43.4 Å². The number of dihydropyridines is 1. The van der Waals surface area contributed by atoms with Crippen LogP contribution < -0.4 is 10.6 Å². The van der Waals surface area contributed by atoms with Gasteiger partial charge < -0.3 is 15.1 Å². The Balaban J connectivity index is 1.88. The average molecular weight is 422 g/mol. The van der Waals surface area contributed by atoms with E-state index in [1.54, 1.807) is 24.1 Å². The molecule has 6 heteroatoms. The van der Waals surface area contributed by atoms with E-state index in [4.69, 9.17) is 4.42 Å². The summed E-state index contributed by atoms with van der Waals surface area (Å²) >= 11 is 1.64. The number of amides is 1. The number of hydrogen-bond donors (Lipinski definition) is 2. The zero-order valence-electron chi connectivity index (χ0n) is 17.4. The topological polar surface area (TPSA) is 78.1 Å². The number of nitriles is 1. The first kappa shape index (κ1) is 21.8. The van der Waals surface area contributed by atoms with Crippen molar-refractivity contribution >= 4 is 23.4 Å². The third kappa shape index (κ3) is 5.17. The maximum Gasteiger partial charge on any atom is 0.254 e. The number of allylic oxidation sites excluding steroid dienone is 2. The molecular formula is C24H27N3O2S. The van der Waals surface area contributed by atoms with E-state index >= 15 is 0 Å². The van der Waals surface area contributed by atoms with E-state index in [-0.39, 0.29) is 5.91 Å². The Morgan fingerprint density at radius 1 is 1.20 bits per heavy atom. The highest BCUT2D eigenvalue weighted by Crippen LogP contribution is 2.41. The van der Waals surface area contributed by atoms with Crippen molar-refractivity contribution in [3.8, 4) is 6.07 Å². The molecular weight excluding hydrogens is 394 g/mol. The molecule has 1 aliphatic heterocycles. The van der Waals surface area contributed by atoms with Crippen LogP contribution >= 0.6 is 11.8 Å². The zero-order chi connectivity index (χ0) is 21.3. The minimum atomic E-state index is -0.534. The van der Waals surface area contributed by atoms with Gasteiger partial charge in [-0.2, -0.15) is 5.26 Å². The zero-order valence-corrected chi connectivity index (χ0v) is 18.2. The SMILES string of the molecule is CCCCCCSC1=C(C#N)[C@H](c2ccco2)C(C(=O)Nc2ccccc2)=C(C)N1. The number of nitrogens with one attached hydrogen (secondary N) is 2. The van der Waals surface area contributed by atoms with E-state index in [0.717, 1.165) is 22.9 Å². The molecule has 0 spiro atoms. The van der Waals surface area contributed by atoms with Gasteiger partial charge in [0.15, 0.2) is 0 Å². The van der Waals surface area contributed by atoms with Crippen LogP contribution in [0.2, 0.25) is 0 Å². The number of nitrogens with zero attached hydrogens (tertiary/aromatic N) is 1. The van der Waals surface area contributed by atoms with Crippen LogP contribution in [0.15, 0.2) is 75.0 Å². The Morgan fingerprint density at radius 3 is 2.67 bits per heavy atom. The molecule has 0 aliphatic carbocycles. The molecule has 2 heterocycles. The summed E-state index contributed by atoms with van der Waals surface area (Å²) in [7, 11) is 0. The Bertz CT molecular complexity index is 956. The standard InChI is InChI=1S/C24H27N3O2S/c1-3-4-5-9-15-30-24-19(16-25)22(20-13-10-14-29-20)21(17(2)26-24)23(28)27-18-11-7-6-8-12-18/h6-8,10-14,22,26H,3-5,9,15H2,1-2H3,(H,27,28)/t22-/m1/s1. The fourth-order valence-electron chi connectivity index (χ4n) is 3.49. The number of furan rings is 1. The Labute approximate surface area is 182 Å². The van der Waals surface area contributed by atoms with Crippen molar-refractivity contribution in [1.82, 2.24) is 5.32 Å². The molecule has 1 amide bonds. The molecule has 3 rings (SSSR count). The highest BCUT2D eigenvalue weighted by atomic mass is 32.2. The lowest BCUT2D eigenvalue weighted by molar-refractivity contribution is -0.113. The molecule has 0 saturated carbocycles. The summed E-state index contributed by atoms with van der Waals surface area (Å²) in [6.45, 7) is 4.07. The van der Waals surface area contributed by atoms with E-state index in [0.29, 0.717) is 22.6 Å². The molecule has 1 aromatic heterocycles. The molecule has 2 N–H and O–H groups in total. The van der Waals surface area contributed by atoms with Crippen LogP contribution in [0.1, 0.15) is 51.2 Å². The van der Waals surface area contributed by atoms with Crippen molar-refractivity contribution in [3.05, 3.63) is 76.4 Å². The van der Waals surface area contributed by atoms with Crippen molar-refractivity contribution < 1.29 is 9.21 Å². The molecule has 1 aliphatic rings. The largest absolute Gasteiger partial charge is 0.468 e. The summed E-state index contributed by atoms with van der Waals surface area (Å²) in [5, 5.41) is 17.1. The molecule has 1 aromatic carbocycles. The number of anilines is 1. The van der Waals surface area contributed by atoms with Gasteiger partial charge in [0.25, 0.3) is 5.91 Å². The monoisotopic (exact) mass is 421 g/mol. The second-order valence-electron chi connectivity index (χ2n) is 7.20. The minimum absolute atomic E-state index is 0.243. The molecule has 2 aromatic rings. The highest BCUT2D eigenvalue weighted by Gasteiger charge is 2.36. The molecule has 0 unspecified atom stereocenters. The number of carbonyl (C=O) groups is 1. The Morgan fingerprint density at radius 2 is 2.00 bits per heavy atom. The van der Waals surface area contributed by atoms with Crippen LogP contribution in [0.25, 0.3) is 0 Å². The first-order valence-corrected chi connectivity index (χ1v) is 11.3. The van der Waals surface area contributed by atoms with E-state index in [1.807, 2.05) is 43.3 Å². The number of rotatable bonds is 9. The lowest BCUT2D eigenvalue weighted by atomic mass is 9.85. The molecule has 0 radical (unpaired) electrons. The third-order valence-corrected chi connectivity index (χ3v) is 6.10. The second-order valence-corrected chi connectivity index (χ2v) is 8.30. The molecule has 5 nitrogen and oxygen atoms in total. The predicted octanol–water partition coefficient (Wildman–Crippen LogP) is 5.93. The van der Waals surface area contributed by atoms with Crippen LogP contribution in [0, 0.1) is 11.3 Å². The van der Waals surface area contributed by atoms with Crippen LogP contribution in [0.3, 0.4) is 0 Å². The van der Waals surface area contributed by atoms with Crippen molar-refractivity contribution in [2.24, 2.45) is 0 Å². The molecule has 1 atom stereocenters. The summed E-state index contributed by atoms with van der Waals surface area (Å²) < 4.78 is 5.65. The van der Waals surface area contributed by atoms with E-state index in [1.165, 1.54) is 19.3 Å². The van der Waals surface area contributed by atoms with Crippen molar-refractivity contribution in [2.45, 2.75) is 45.4 Å². The summed E-state index contributed by atoms with van der Waals surface area (Å²) in [6, 6.07) is 15.2. The van der Waals surface area contributed by atoms with E-state index < -0.39 is 5.92 Å². The second kappa shape index (κ2) is 10.7. The fraction of sp³-hybridized carbons (Fsp3) is 0.333. The number of unbranched alkanes of at least 4 members (excludes halogenated alkanes) is 3. The third-order valence-electron chi connectivity index (χ3n) is 5.00. The van der Waals surface area contributed by atoms with Crippen LogP contribution in [-0.4, -0.2) is 11.7 Å². The number of thioether (sulfide) groups is 1. The summed E-state index contributed by atoms with van der Waals surface area (Å²) in [5.41, 5.74) is 2.47. The van der Waals surface area contributed by atoms with Gasteiger partial charge in [-0.15, -0.1) is 11.8 Å². The van der Waals surface area contributed by atoms with Gasteiger partial charge in [0.05, 0.1) is 34.4 Å². The maximum absolute atomic E-state index is 13.2. The number of para-hydroxylation sites is 1. The number of carbonyl (C=O) groups excluding carboxylic acids is 1. The summed E-state index contributed by atoms with van der Waals surface area (Å²) in [5.74, 6) is 0.743. The highest BCUT2D eigenvalue weighted by molar-refractivity contribution is 8.03. The lowest BCUT2D eigenvalue weighted by Crippen LogP contribution is -2.30. The minimum Gasteiger partial charge on any atom is -0.468 e. The Kier molecular flexibility index (Phi) is 7.81. The van der Waals surface area contributed by atoms with Gasteiger partial charge in [0.1, 0.15) is 5.76 Å². The molecule has 0 fully saturated rings. The van der Waals surface area contributed by atoms with Crippen LogP contribution in [-0.2, 0) is 4.79 Å². The summed E-state index contributed by atoms with van der Waals surface area (Å²) in [6.07, 6.45) is 6.26. The molecule has 156 valence electrons. The first-order chi connectivity index (χ1) is 14.7. The predicted molar refractivity (Wildman–Crippen MR) is 122 cm³/mol. The van der Waals surface area contributed by atoms with Crippen molar-refractivity contribution in [1.29, 1.82) is 5.26 Å². The first-order valence-electron chi connectivity index (χ1n) is 10.3. The number of benzene rings is 1. The van der Waals surface area contributed by atoms with Gasteiger partial charge in [-0.25, -0.2) is 0 Å². The maximum atomic E-state index is 13.2. The van der Waals surface area contributed by atoms with E-state index in [2.05, 4.69) is 23.6 Å². The van der Waals surface area contributed by atoms with Gasteiger partial charge in [0, 0.05) is 11.4 Å². The van der Waals surface area contributed by atoms with Gasteiger partial charge >= 0.3 is 0 Å². The molecule has 0 bridgehead atoms. The van der Waals surface area contributed by atoms with Gasteiger partial charge in [0.2, 0.25) is 0 Å². The number of hydrogen-bond acceptors (Lipinski definition) is 5. The van der Waals surface area contributed by atoms with Gasteiger partial charge in [-0.3, -0.25) is 4.79 Å². The van der Waals surface area contributed by atoms with Crippen LogP contribution in [0.5, 0.6) is 0 Å². The quantitative estimate of drug-likeness (QED) is 0.491. The van der Waals surface area contributed by atoms with Crippen LogP contribution in [0.4, 0.5) is 5.69 Å². The molecule has 0 saturated heterocycles. The molecule has 30 heavy (non-hydrogen) atoms. The lowest BCUT2D eigenvalue weighted by Gasteiger charge is -2.28. The Hall–Kier alpha value is -2.91. The van der Waals surface area contributed by atoms with Crippen molar-refractivity contribution in [2.75, 3.05) is 11.1 Å². The van der Waals surface area contributed by atoms with Gasteiger partial charge in [-0.1, -0.05) is 44.4 Å². The fourth-order valence-corrected chi connectivity index (χ4v) is 4.59. The average Bonchev–Trinajstić information content (AvgIpc) is 3.28. The normalized spacial score (nSPS) is 16.2. The smallest absolute Gasteiger partial charge is 0.254 e. The van der Waals surface area contributed by atoms with Crippen molar-refractivity contribution in [3.63, 3.8) is 0 Å². The van der Waals surface area contributed by atoms with E-state index in [9.17, 15) is 10.1 Å². The summed E-state index contributed by atoms with van der Waals surface area (Å²) in [4.78, 5) is 13.2.